The van der Waals surface area contributed by atoms with Crippen LogP contribution in [-0.2, 0) is 17.8 Å². The first-order valence-electron chi connectivity index (χ1n) is 9.66. The third-order valence-corrected chi connectivity index (χ3v) is 4.54. The molecule has 0 aliphatic carbocycles. The Morgan fingerprint density at radius 3 is 2.48 bits per heavy atom. The van der Waals surface area contributed by atoms with Crippen molar-refractivity contribution in [1.29, 1.82) is 0 Å². The summed E-state index contributed by atoms with van der Waals surface area (Å²) in [5.41, 5.74) is 2.89. The van der Waals surface area contributed by atoms with Crippen LogP contribution in [0.5, 0.6) is 0 Å². The van der Waals surface area contributed by atoms with E-state index in [2.05, 4.69) is 22.4 Å². The largest absolute Gasteiger partial charge is 0.459 e. The average Bonchev–Trinajstić information content (AvgIpc) is 3.50. The van der Waals surface area contributed by atoms with Crippen LogP contribution in [0.25, 0.3) is 11.4 Å². The van der Waals surface area contributed by atoms with Gasteiger partial charge in [0, 0.05) is 11.3 Å². The lowest BCUT2D eigenvalue weighted by Gasteiger charge is -2.05. The predicted molar refractivity (Wildman–Crippen MR) is 111 cm³/mol. The van der Waals surface area contributed by atoms with Crippen LogP contribution >= 0.6 is 0 Å². The maximum Gasteiger partial charge on any atom is 0.338 e. The fourth-order valence-electron chi connectivity index (χ4n) is 2.82. The van der Waals surface area contributed by atoms with Crippen LogP contribution in [-0.4, -0.2) is 22.0 Å². The van der Waals surface area contributed by atoms with Gasteiger partial charge in [0.2, 0.25) is 5.82 Å². The number of nitrogens with zero attached hydrogens (tertiary/aromatic N) is 2. The fraction of sp³-hybridized carbons (Fsp3) is 0.130. The van der Waals surface area contributed by atoms with Gasteiger partial charge < -0.3 is 19.0 Å². The van der Waals surface area contributed by atoms with E-state index in [1.807, 2.05) is 24.3 Å². The van der Waals surface area contributed by atoms with Crippen LogP contribution in [0.2, 0.25) is 0 Å². The van der Waals surface area contributed by atoms with Crippen molar-refractivity contribution >= 4 is 17.6 Å². The summed E-state index contributed by atoms with van der Waals surface area (Å²) in [6.07, 6.45) is 2.37. The van der Waals surface area contributed by atoms with Crippen molar-refractivity contribution in [3.8, 4) is 11.4 Å². The number of amides is 1. The van der Waals surface area contributed by atoms with Crippen molar-refractivity contribution in [2.45, 2.75) is 20.0 Å². The molecule has 0 fully saturated rings. The van der Waals surface area contributed by atoms with Crippen LogP contribution in [0.4, 0.5) is 5.69 Å². The van der Waals surface area contributed by atoms with E-state index in [4.69, 9.17) is 13.7 Å². The van der Waals surface area contributed by atoms with Gasteiger partial charge in [-0.05, 0) is 48.4 Å². The van der Waals surface area contributed by atoms with E-state index in [-0.39, 0.29) is 24.2 Å². The monoisotopic (exact) mass is 417 g/mol. The minimum atomic E-state index is -0.545. The zero-order valence-electron chi connectivity index (χ0n) is 16.7. The molecule has 1 amide bonds. The molecule has 1 N–H and O–H groups in total. The van der Waals surface area contributed by atoms with Crippen molar-refractivity contribution in [1.82, 2.24) is 10.1 Å². The van der Waals surface area contributed by atoms with Crippen LogP contribution in [0.15, 0.2) is 75.9 Å². The first-order chi connectivity index (χ1) is 15.1. The Bertz CT molecular complexity index is 1160. The molecule has 4 rings (SSSR count). The third-order valence-electron chi connectivity index (χ3n) is 4.54. The van der Waals surface area contributed by atoms with Gasteiger partial charge in [0.1, 0.15) is 0 Å². The highest BCUT2D eigenvalue weighted by atomic mass is 16.6. The number of aryl methyl sites for hydroxylation is 1. The van der Waals surface area contributed by atoms with E-state index in [1.165, 1.54) is 11.8 Å². The Labute approximate surface area is 177 Å². The maximum absolute atomic E-state index is 12.3. The molecule has 0 radical (unpaired) electrons. The molecule has 0 aliphatic heterocycles. The molecule has 156 valence electrons. The summed E-state index contributed by atoms with van der Waals surface area (Å²) in [5, 5.41) is 6.60. The molecular weight excluding hydrogens is 398 g/mol. The highest BCUT2D eigenvalue weighted by Crippen LogP contribution is 2.18. The molecule has 31 heavy (non-hydrogen) atoms. The topological polar surface area (TPSA) is 107 Å². The number of furan rings is 1. The van der Waals surface area contributed by atoms with Crippen molar-refractivity contribution in [2.75, 3.05) is 5.32 Å². The lowest BCUT2D eigenvalue weighted by molar-refractivity contribution is 0.0430. The first kappa shape index (κ1) is 20.1. The van der Waals surface area contributed by atoms with Gasteiger partial charge in [0.15, 0.2) is 12.4 Å². The van der Waals surface area contributed by atoms with Crippen molar-refractivity contribution in [3.05, 3.63) is 89.7 Å². The maximum atomic E-state index is 12.3. The molecule has 4 aromatic rings. The van der Waals surface area contributed by atoms with Gasteiger partial charge in [-0.3, -0.25) is 4.79 Å². The molecule has 2 heterocycles. The molecule has 8 nitrogen and oxygen atoms in total. The van der Waals surface area contributed by atoms with Gasteiger partial charge in [0.05, 0.1) is 11.8 Å². The Morgan fingerprint density at radius 2 is 1.81 bits per heavy atom. The van der Waals surface area contributed by atoms with E-state index in [9.17, 15) is 9.59 Å². The zero-order valence-corrected chi connectivity index (χ0v) is 16.7. The summed E-state index contributed by atoms with van der Waals surface area (Å²) in [7, 11) is 0. The molecule has 0 spiro atoms. The van der Waals surface area contributed by atoms with Gasteiger partial charge in [-0.2, -0.15) is 4.98 Å². The summed E-state index contributed by atoms with van der Waals surface area (Å²) in [4.78, 5) is 28.5. The standard InChI is InChI=1S/C23H19N3O5/c1-2-15-5-7-16(8-6-15)21-25-20(31-26-21)14-30-23(28)17-9-11-18(12-10-17)24-22(27)19-4-3-13-29-19/h3-13H,2,14H2,1H3,(H,24,27). The van der Waals surface area contributed by atoms with Crippen LogP contribution in [0.1, 0.15) is 39.3 Å². The third kappa shape index (κ3) is 4.87. The number of nitrogens with one attached hydrogen (secondary N) is 1. The van der Waals surface area contributed by atoms with Gasteiger partial charge >= 0.3 is 5.97 Å². The summed E-state index contributed by atoms with van der Waals surface area (Å²) in [5.74, 6) is -0.0906. The Hall–Kier alpha value is -4.20. The number of benzene rings is 2. The van der Waals surface area contributed by atoms with E-state index < -0.39 is 5.97 Å². The van der Waals surface area contributed by atoms with Crippen molar-refractivity contribution < 1.29 is 23.3 Å². The summed E-state index contributed by atoms with van der Waals surface area (Å²) in [6.45, 7) is 1.94. The summed E-state index contributed by atoms with van der Waals surface area (Å²) >= 11 is 0. The molecule has 2 aromatic heterocycles. The van der Waals surface area contributed by atoms with E-state index in [0.717, 1.165) is 12.0 Å². The number of esters is 1. The van der Waals surface area contributed by atoms with Crippen LogP contribution in [0, 0.1) is 0 Å². The SMILES string of the molecule is CCc1ccc(-c2noc(COC(=O)c3ccc(NC(=O)c4ccco4)cc3)n2)cc1. The minimum Gasteiger partial charge on any atom is -0.459 e. The minimum absolute atomic E-state index is 0.143. The van der Waals surface area contributed by atoms with Crippen molar-refractivity contribution in [2.24, 2.45) is 0 Å². The number of aromatic nitrogens is 2. The highest BCUT2D eigenvalue weighted by Gasteiger charge is 2.14. The Morgan fingerprint density at radius 1 is 1.03 bits per heavy atom. The molecule has 0 saturated carbocycles. The Kier molecular flexibility index (Phi) is 5.89. The molecule has 8 heteroatoms. The lowest BCUT2D eigenvalue weighted by atomic mass is 10.1. The summed E-state index contributed by atoms with van der Waals surface area (Å²) < 4.78 is 15.4. The second kappa shape index (κ2) is 9.08. The first-order valence-corrected chi connectivity index (χ1v) is 9.66. The van der Waals surface area contributed by atoms with Crippen molar-refractivity contribution in [3.63, 3.8) is 0 Å². The fourth-order valence-corrected chi connectivity index (χ4v) is 2.82. The smallest absolute Gasteiger partial charge is 0.338 e. The highest BCUT2D eigenvalue weighted by molar-refractivity contribution is 6.02. The zero-order chi connectivity index (χ0) is 21.6. The number of rotatable bonds is 7. The van der Waals surface area contributed by atoms with Gasteiger partial charge in [-0.15, -0.1) is 0 Å². The average molecular weight is 417 g/mol. The Balaban J connectivity index is 1.32. The number of ether oxygens (including phenoxy) is 1. The van der Waals surface area contributed by atoms with Crippen LogP contribution < -0.4 is 5.32 Å². The predicted octanol–water partition coefficient (Wildman–Crippen LogP) is 4.50. The molecule has 0 atom stereocenters. The molecule has 2 aromatic carbocycles. The van der Waals surface area contributed by atoms with E-state index >= 15 is 0 Å². The quantitative estimate of drug-likeness (QED) is 0.441. The van der Waals surface area contributed by atoms with Gasteiger partial charge in [0.25, 0.3) is 11.8 Å². The molecule has 0 saturated heterocycles. The van der Waals surface area contributed by atoms with E-state index in [1.54, 1.807) is 36.4 Å². The second-order valence-corrected chi connectivity index (χ2v) is 6.65. The molecule has 0 aliphatic rings. The second-order valence-electron chi connectivity index (χ2n) is 6.65. The van der Waals surface area contributed by atoms with Gasteiger partial charge in [-0.1, -0.05) is 36.3 Å². The van der Waals surface area contributed by atoms with Crippen LogP contribution in [0.3, 0.4) is 0 Å². The lowest BCUT2D eigenvalue weighted by Crippen LogP contribution is -2.11. The van der Waals surface area contributed by atoms with E-state index in [0.29, 0.717) is 17.1 Å². The number of hydrogen-bond donors (Lipinski definition) is 1. The summed E-state index contributed by atoms with van der Waals surface area (Å²) in [6, 6.07) is 17.3. The normalized spacial score (nSPS) is 10.6. The number of anilines is 1. The molecule has 0 bridgehead atoms. The molecule has 0 unspecified atom stereocenters. The number of carbonyl (C=O) groups excluding carboxylic acids is 2. The number of hydrogen-bond acceptors (Lipinski definition) is 7. The van der Waals surface area contributed by atoms with Gasteiger partial charge in [-0.25, -0.2) is 4.79 Å². The molecular formula is C23H19N3O5. The number of carbonyl (C=O) groups is 2.